The van der Waals surface area contributed by atoms with Gasteiger partial charge in [0.05, 0.1) is 0 Å². The van der Waals surface area contributed by atoms with Crippen LogP contribution in [0, 0.1) is 0 Å². The van der Waals surface area contributed by atoms with Gasteiger partial charge in [0.15, 0.2) is 6.10 Å². The Hall–Kier alpha value is -3.67. The van der Waals surface area contributed by atoms with Gasteiger partial charge in [0.25, 0.3) is 0 Å². The number of hydrogen-bond acceptors (Lipinski definition) is 6. The number of allylic oxidation sites excluding steroid dienone is 16. The SMILES string of the molecule is CC/C=C\C/C=C\C/C=C\CCCCCCCC(=O)OCC(COC(=O)CCCCCCCCCCCCCCCCC/C=C\C/C=C\CCCCCCC)OC(=O)CCCCCCCC/C=C\C/C=C\C/C=C\CCCCC. The predicted octanol–water partition coefficient (Wildman–Crippen LogP) is 23.2. The van der Waals surface area contributed by atoms with Crippen molar-refractivity contribution in [3.8, 4) is 0 Å². The van der Waals surface area contributed by atoms with E-state index >= 15 is 0 Å². The molecule has 1 atom stereocenters. The van der Waals surface area contributed by atoms with Gasteiger partial charge in [-0.25, -0.2) is 0 Å². The summed E-state index contributed by atoms with van der Waals surface area (Å²) in [6.45, 7) is 6.50. The number of ether oxygens (including phenoxy) is 3. The third-order valence-corrected chi connectivity index (χ3v) is 14.5. The van der Waals surface area contributed by atoms with Crippen LogP contribution in [-0.4, -0.2) is 37.2 Å². The molecular formula is C73H126O6. The van der Waals surface area contributed by atoms with E-state index in [-0.39, 0.29) is 31.1 Å². The summed E-state index contributed by atoms with van der Waals surface area (Å²) in [7, 11) is 0. The van der Waals surface area contributed by atoms with Gasteiger partial charge in [0.2, 0.25) is 0 Å². The molecule has 0 aliphatic carbocycles. The fraction of sp³-hybridized carbons (Fsp3) is 0.740. The number of hydrogen-bond donors (Lipinski definition) is 0. The first kappa shape index (κ1) is 75.3. The summed E-state index contributed by atoms with van der Waals surface area (Å²) in [5.41, 5.74) is 0. The molecule has 0 fully saturated rings. The van der Waals surface area contributed by atoms with Gasteiger partial charge in [-0.05, 0) is 122 Å². The van der Waals surface area contributed by atoms with Crippen molar-refractivity contribution in [3.05, 3.63) is 97.2 Å². The highest BCUT2D eigenvalue weighted by atomic mass is 16.6. The number of rotatable bonds is 61. The summed E-state index contributed by atoms with van der Waals surface area (Å²) in [6, 6.07) is 0. The molecule has 454 valence electrons. The Balaban J connectivity index is 4.32. The average molecular weight is 1100 g/mol. The fourth-order valence-electron chi connectivity index (χ4n) is 9.50. The number of unbranched alkanes of at least 4 members (excludes halogenated alkanes) is 34. The highest BCUT2D eigenvalue weighted by molar-refractivity contribution is 5.71. The Morgan fingerprint density at radius 1 is 0.266 bits per heavy atom. The van der Waals surface area contributed by atoms with Crippen molar-refractivity contribution in [1.29, 1.82) is 0 Å². The Labute approximate surface area is 489 Å². The molecule has 1 unspecified atom stereocenters. The summed E-state index contributed by atoms with van der Waals surface area (Å²) in [6.07, 6.45) is 89.9. The molecule has 0 spiro atoms. The van der Waals surface area contributed by atoms with Crippen molar-refractivity contribution in [1.82, 2.24) is 0 Å². The Kier molecular flexibility index (Phi) is 63.7. The molecule has 6 heteroatoms. The van der Waals surface area contributed by atoms with Crippen molar-refractivity contribution < 1.29 is 28.6 Å². The first-order valence-electron chi connectivity index (χ1n) is 33.7. The van der Waals surface area contributed by atoms with E-state index in [1.165, 1.54) is 161 Å². The van der Waals surface area contributed by atoms with Crippen LogP contribution in [0.3, 0.4) is 0 Å². The van der Waals surface area contributed by atoms with Gasteiger partial charge in [-0.15, -0.1) is 0 Å². The summed E-state index contributed by atoms with van der Waals surface area (Å²) < 4.78 is 16.9. The lowest BCUT2D eigenvalue weighted by molar-refractivity contribution is -0.167. The smallest absolute Gasteiger partial charge is 0.306 e. The topological polar surface area (TPSA) is 78.9 Å². The fourth-order valence-corrected chi connectivity index (χ4v) is 9.50. The van der Waals surface area contributed by atoms with E-state index in [1.54, 1.807) is 0 Å². The molecule has 0 amide bonds. The second-order valence-electron chi connectivity index (χ2n) is 22.3. The summed E-state index contributed by atoms with van der Waals surface area (Å²) in [5, 5.41) is 0. The lowest BCUT2D eigenvalue weighted by Crippen LogP contribution is -2.30. The van der Waals surface area contributed by atoms with Gasteiger partial charge in [0.1, 0.15) is 13.2 Å². The Morgan fingerprint density at radius 2 is 0.494 bits per heavy atom. The van der Waals surface area contributed by atoms with Crippen LogP contribution in [0.25, 0.3) is 0 Å². The third-order valence-electron chi connectivity index (χ3n) is 14.5. The molecule has 6 nitrogen and oxygen atoms in total. The number of esters is 3. The lowest BCUT2D eigenvalue weighted by Gasteiger charge is -2.18. The van der Waals surface area contributed by atoms with E-state index in [1.807, 2.05) is 0 Å². The molecule has 79 heavy (non-hydrogen) atoms. The molecule has 0 aromatic carbocycles. The Morgan fingerprint density at radius 3 is 0.797 bits per heavy atom. The van der Waals surface area contributed by atoms with Gasteiger partial charge in [-0.3, -0.25) is 14.4 Å². The van der Waals surface area contributed by atoms with Crippen LogP contribution in [0.1, 0.15) is 329 Å². The molecule has 0 aliphatic heterocycles. The predicted molar refractivity (Wildman–Crippen MR) is 344 cm³/mol. The first-order chi connectivity index (χ1) is 39.0. The van der Waals surface area contributed by atoms with E-state index in [0.29, 0.717) is 19.3 Å². The van der Waals surface area contributed by atoms with Crippen LogP contribution < -0.4 is 0 Å². The van der Waals surface area contributed by atoms with Gasteiger partial charge in [-0.2, -0.15) is 0 Å². The lowest BCUT2D eigenvalue weighted by atomic mass is 10.0. The summed E-state index contributed by atoms with van der Waals surface area (Å²) >= 11 is 0. The van der Waals surface area contributed by atoms with Crippen molar-refractivity contribution in [3.63, 3.8) is 0 Å². The summed E-state index contributed by atoms with van der Waals surface area (Å²) in [5.74, 6) is -0.906. The summed E-state index contributed by atoms with van der Waals surface area (Å²) in [4.78, 5) is 38.4. The highest BCUT2D eigenvalue weighted by Gasteiger charge is 2.19. The molecule has 0 aliphatic rings. The van der Waals surface area contributed by atoms with Crippen molar-refractivity contribution in [2.45, 2.75) is 335 Å². The van der Waals surface area contributed by atoms with E-state index < -0.39 is 6.10 Å². The molecular weight excluding hydrogens is 973 g/mol. The van der Waals surface area contributed by atoms with E-state index in [0.717, 1.165) is 128 Å². The first-order valence-corrected chi connectivity index (χ1v) is 33.7. The molecule has 0 aromatic rings. The number of carbonyl (C=O) groups excluding carboxylic acids is 3. The van der Waals surface area contributed by atoms with Gasteiger partial charge in [0, 0.05) is 19.3 Å². The largest absolute Gasteiger partial charge is 0.462 e. The molecule has 0 heterocycles. The van der Waals surface area contributed by atoms with E-state index in [9.17, 15) is 14.4 Å². The Bertz CT molecular complexity index is 1540. The molecule has 0 rings (SSSR count). The van der Waals surface area contributed by atoms with Crippen LogP contribution in [0.4, 0.5) is 0 Å². The quantitative estimate of drug-likeness (QED) is 0.0261. The second kappa shape index (κ2) is 66.8. The normalized spacial score (nSPS) is 12.7. The van der Waals surface area contributed by atoms with Crippen molar-refractivity contribution in [2.24, 2.45) is 0 Å². The molecule has 0 N–H and O–H groups in total. The number of carbonyl (C=O) groups is 3. The van der Waals surface area contributed by atoms with Crippen molar-refractivity contribution in [2.75, 3.05) is 13.2 Å². The van der Waals surface area contributed by atoms with E-state index in [2.05, 4.69) is 118 Å². The maximum atomic E-state index is 12.9. The molecule has 0 radical (unpaired) electrons. The van der Waals surface area contributed by atoms with Crippen LogP contribution in [0.2, 0.25) is 0 Å². The highest BCUT2D eigenvalue weighted by Crippen LogP contribution is 2.17. The standard InChI is InChI=1S/C73H126O6/c1-4-7-10-13-16-19-22-25-28-30-32-33-34-35-36-37-38-39-41-42-45-48-51-54-57-60-63-66-72(75)78-69-70(68-77-71(74)65-62-59-56-53-50-47-44-27-24-21-18-15-12-9-6-3)79-73(76)67-64-61-58-55-52-49-46-43-40-31-29-26-23-20-17-14-11-8-5-2/h9,12,17-18,20-22,25-27,29-30,32,40,43-44,70H,4-8,10-11,13-16,19,23-24,28,31,33-39,41-42,45-69H2,1-3H3/b12-9-,20-17-,21-18-,25-22-,29-26-,32-30-,43-40-,44-27-. The maximum Gasteiger partial charge on any atom is 0.306 e. The molecule has 0 aromatic heterocycles. The minimum absolute atomic E-state index is 0.0875. The zero-order valence-electron chi connectivity index (χ0n) is 52.1. The molecule has 0 saturated heterocycles. The molecule has 0 saturated carbocycles. The second-order valence-corrected chi connectivity index (χ2v) is 22.3. The zero-order chi connectivity index (χ0) is 57.1. The minimum Gasteiger partial charge on any atom is -0.462 e. The van der Waals surface area contributed by atoms with Crippen LogP contribution in [0.15, 0.2) is 97.2 Å². The van der Waals surface area contributed by atoms with Crippen LogP contribution >= 0.6 is 0 Å². The van der Waals surface area contributed by atoms with Crippen molar-refractivity contribution >= 4 is 17.9 Å². The minimum atomic E-state index is -0.794. The maximum absolute atomic E-state index is 12.9. The third kappa shape index (κ3) is 65.0. The van der Waals surface area contributed by atoms with Gasteiger partial charge >= 0.3 is 17.9 Å². The van der Waals surface area contributed by atoms with E-state index in [4.69, 9.17) is 14.2 Å². The van der Waals surface area contributed by atoms with Gasteiger partial charge in [-0.1, -0.05) is 285 Å². The van der Waals surface area contributed by atoms with Gasteiger partial charge < -0.3 is 14.2 Å². The monoisotopic (exact) mass is 1100 g/mol. The van der Waals surface area contributed by atoms with Crippen LogP contribution in [0.5, 0.6) is 0 Å². The molecule has 0 bridgehead atoms. The average Bonchev–Trinajstić information content (AvgIpc) is 3.45. The zero-order valence-corrected chi connectivity index (χ0v) is 52.1. The van der Waals surface area contributed by atoms with Crippen LogP contribution in [-0.2, 0) is 28.6 Å².